The van der Waals surface area contributed by atoms with Gasteiger partial charge in [-0.25, -0.2) is 9.59 Å². The predicted molar refractivity (Wildman–Crippen MR) is 114 cm³/mol. The van der Waals surface area contributed by atoms with E-state index < -0.39 is 18.5 Å². The molecule has 0 saturated carbocycles. The van der Waals surface area contributed by atoms with Crippen LogP contribution in [0.15, 0.2) is 24.3 Å². The highest BCUT2D eigenvalue weighted by Crippen LogP contribution is 2.21. The van der Waals surface area contributed by atoms with E-state index in [0.29, 0.717) is 35.3 Å². The summed E-state index contributed by atoms with van der Waals surface area (Å²) in [7, 11) is 1.28. The smallest absolute Gasteiger partial charge is 0.355 e. The maximum Gasteiger partial charge on any atom is 0.355 e. The fraction of sp³-hybridized carbons (Fsp3) is 0.391. The monoisotopic (exact) mass is 428 g/mol. The quantitative estimate of drug-likeness (QED) is 0.342. The molecule has 31 heavy (non-hydrogen) atoms. The summed E-state index contributed by atoms with van der Waals surface area (Å²) in [4.78, 5) is 50.6. The summed E-state index contributed by atoms with van der Waals surface area (Å²) < 4.78 is 9.95. The fourth-order valence-electron chi connectivity index (χ4n) is 3.21. The molecular weight excluding hydrogens is 400 g/mol. The van der Waals surface area contributed by atoms with Gasteiger partial charge in [-0.05, 0) is 37.3 Å². The molecule has 0 fully saturated rings. The highest BCUT2D eigenvalue weighted by atomic mass is 16.5. The minimum absolute atomic E-state index is 0.0579. The van der Waals surface area contributed by atoms with Crippen molar-refractivity contribution in [1.82, 2.24) is 10.3 Å². The number of rotatable bonds is 10. The van der Waals surface area contributed by atoms with Crippen molar-refractivity contribution in [3.63, 3.8) is 0 Å². The zero-order valence-electron chi connectivity index (χ0n) is 18.3. The van der Waals surface area contributed by atoms with Crippen LogP contribution < -0.4 is 5.32 Å². The molecule has 2 aromatic rings. The van der Waals surface area contributed by atoms with Crippen LogP contribution in [-0.2, 0) is 27.1 Å². The second-order valence-electron chi connectivity index (χ2n) is 7.11. The number of methoxy groups -OCH3 is 1. The number of aromatic nitrogens is 1. The molecule has 2 N–H and O–H groups in total. The highest BCUT2D eigenvalue weighted by Gasteiger charge is 2.25. The van der Waals surface area contributed by atoms with Gasteiger partial charge < -0.3 is 19.8 Å². The number of esters is 2. The van der Waals surface area contributed by atoms with Crippen molar-refractivity contribution in [1.29, 1.82) is 0 Å². The zero-order valence-corrected chi connectivity index (χ0v) is 18.3. The third-order valence-electron chi connectivity index (χ3n) is 4.90. The summed E-state index contributed by atoms with van der Waals surface area (Å²) in [5.74, 6) is -1.62. The lowest BCUT2D eigenvalue weighted by Gasteiger charge is -2.06. The van der Waals surface area contributed by atoms with Gasteiger partial charge in [0.15, 0.2) is 12.4 Å². The van der Waals surface area contributed by atoms with Gasteiger partial charge >= 0.3 is 11.9 Å². The van der Waals surface area contributed by atoms with Crippen molar-refractivity contribution in [3.05, 3.63) is 57.9 Å². The van der Waals surface area contributed by atoms with Crippen LogP contribution in [0, 0.1) is 6.92 Å². The number of Topliss-reactive ketones (excluding diaryl/α,β-unsaturated/α-hetero) is 1. The standard InChI is InChI=1S/C23H28N2O6/c1-5-18-20(22(28)30-4)14(2)21(25-18)23(29)31-13-19(27)17-10-8-16(9-11-17)7-6-12-24-15(3)26/h8-11,25H,5-7,12-13H2,1-4H3,(H,24,26). The van der Waals surface area contributed by atoms with E-state index in [1.165, 1.54) is 14.0 Å². The first-order chi connectivity index (χ1) is 14.8. The number of carbonyl (C=O) groups is 4. The minimum atomic E-state index is -0.703. The summed E-state index contributed by atoms with van der Waals surface area (Å²) in [6.45, 7) is 5.14. The normalized spacial score (nSPS) is 10.5. The number of hydrogen-bond acceptors (Lipinski definition) is 6. The van der Waals surface area contributed by atoms with Gasteiger partial charge in [0.2, 0.25) is 5.91 Å². The van der Waals surface area contributed by atoms with Crippen molar-refractivity contribution >= 4 is 23.6 Å². The molecule has 8 heteroatoms. The molecule has 0 aliphatic heterocycles. The van der Waals surface area contributed by atoms with Crippen molar-refractivity contribution < 1.29 is 28.7 Å². The Morgan fingerprint density at radius 2 is 1.74 bits per heavy atom. The Morgan fingerprint density at radius 3 is 2.32 bits per heavy atom. The van der Waals surface area contributed by atoms with Crippen LogP contribution in [0.2, 0.25) is 0 Å². The Kier molecular flexibility index (Phi) is 8.54. The maximum absolute atomic E-state index is 12.5. The van der Waals surface area contributed by atoms with E-state index in [9.17, 15) is 19.2 Å². The average Bonchev–Trinajstić information content (AvgIpc) is 3.10. The third kappa shape index (κ3) is 6.28. The van der Waals surface area contributed by atoms with Gasteiger partial charge in [0.05, 0.1) is 12.7 Å². The number of ketones is 1. The number of aromatic amines is 1. The topological polar surface area (TPSA) is 115 Å². The van der Waals surface area contributed by atoms with Crippen LogP contribution in [-0.4, -0.2) is 48.9 Å². The summed E-state index contributed by atoms with van der Waals surface area (Å²) in [6.07, 6.45) is 2.08. The summed E-state index contributed by atoms with van der Waals surface area (Å²) in [6, 6.07) is 7.06. The molecule has 0 spiro atoms. The predicted octanol–water partition coefficient (Wildman–Crippen LogP) is 2.78. The van der Waals surface area contributed by atoms with E-state index in [4.69, 9.17) is 9.47 Å². The number of ether oxygens (including phenoxy) is 2. The van der Waals surface area contributed by atoms with Crippen LogP contribution in [0.25, 0.3) is 0 Å². The molecule has 1 aromatic heterocycles. The Balaban J connectivity index is 1.95. The molecule has 166 valence electrons. The molecule has 0 bridgehead atoms. The molecule has 0 unspecified atom stereocenters. The van der Waals surface area contributed by atoms with Crippen molar-refractivity contribution in [2.75, 3.05) is 20.3 Å². The molecule has 0 atom stereocenters. The van der Waals surface area contributed by atoms with Crippen LogP contribution in [0.5, 0.6) is 0 Å². The second kappa shape index (κ2) is 11.1. The lowest BCUT2D eigenvalue weighted by molar-refractivity contribution is -0.118. The first-order valence-electron chi connectivity index (χ1n) is 10.1. The van der Waals surface area contributed by atoms with E-state index in [0.717, 1.165) is 18.4 Å². The largest absolute Gasteiger partial charge is 0.465 e. The Morgan fingerprint density at radius 1 is 1.06 bits per heavy atom. The first-order valence-corrected chi connectivity index (χ1v) is 10.1. The van der Waals surface area contributed by atoms with E-state index in [1.807, 2.05) is 19.1 Å². The molecular formula is C23H28N2O6. The van der Waals surface area contributed by atoms with Gasteiger partial charge in [-0.1, -0.05) is 31.2 Å². The molecule has 2 rings (SSSR count). The molecule has 0 aliphatic carbocycles. The molecule has 0 radical (unpaired) electrons. The van der Waals surface area contributed by atoms with Gasteiger partial charge in [0.25, 0.3) is 0 Å². The van der Waals surface area contributed by atoms with Gasteiger partial charge in [0, 0.05) is 24.7 Å². The number of aryl methyl sites for hydroxylation is 2. The SMILES string of the molecule is CCc1[nH]c(C(=O)OCC(=O)c2ccc(CCCNC(C)=O)cc2)c(C)c1C(=O)OC. The zero-order chi connectivity index (χ0) is 23.0. The fourth-order valence-corrected chi connectivity index (χ4v) is 3.21. The molecule has 1 heterocycles. The number of amides is 1. The van der Waals surface area contributed by atoms with Crippen LogP contribution in [0.3, 0.4) is 0 Å². The van der Waals surface area contributed by atoms with Gasteiger partial charge in [-0.15, -0.1) is 0 Å². The third-order valence-corrected chi connectivity index (χ3v) is 4.90. The van der Waals surface area contributed by atoms with E-state index in [2.05, 4.69) is 10.3 Å². The number of H-pyrrole nitrogens is 1. The van der Waals surface area contributed by atoms with Crippen molar-refractivity contribution in [2.45, 2.75) is 40.0 Å². The van der Waals surface area contributed by atoms with Crippen molar-refractivity contribution in [3.8, 4) is 0 Å². The number of carbonyl (C=O) groups excluding carboxylic acids is 4. The summed E-state index contributed by atoms with van der Waals surface area (Å²) in [5.41, 5.74) is 2.95. The number of hydrogen-bond donors (Lipinski definition) is 2. The lowest BCUT2D eigenvalue weighted by atomic mass is 10.1. The summed E-state index contributed by atoms with van der Waals surface area (Å²) in [5, 5.41) is 2.74. The number of nitrogens with one attached hydrogen (secondary N) is 2. The average molecular weight is 428 g/mol. The minimum Gasteiger partial charge on any atom is -0.465 e. The van der Waals surface area contributed by atoms with Gasteiger partial charge in [-0.3, -0.25) is 9.59 Å². The number of benzene rings is 1. The molecule has 1 aromatic carbocycles. The summed E-state index contributed by atoms with van der Waals surface area (Å²) >= 11 is 0. The van der Waals surface area contributed by atoms with E-state index in [-0.39, 0.29) is 17.4 Å². The first kappa shape index (κ1) is 23.9. The highest BCUT2D eigenvalue weighted by molar-refractivity contribution is 6.01. The van der Waals surface area contributed by atoms with Crippen LogP contribution in [0.1, 0.15) is 68.3 Å². The molecule has 8 nitrogen and oxygen atoms in total. The van der Waals surface area contributed by atoms with E-state index >= 15 is 0 Å². The van der Waals surface area contributed by atoms with Gasteiger partial charge in [-0.2, -0.15) is 0 Å². The molecule has 1 amide bonds. The molecule has 0 aliphatic rings. The Bertz CT molecular complexity index is 959. The lowest BCUT2D eigenvalue weighted by Crippen LogP contribution is -2.21. The van der Waals surface area contributed by atoms with Crippen molar-refractivity contribution in [2.24, 2.45) is 0 Å². The maximum atomic E-state index is 12.5. The molecule has 0 saturated heterocycles. The van der Waals surface area contributed by atoms with E-state index in [1.54, 1.807) is 19.1 Å². The second-order valence-corrected chi connectivity index (χ2v) is 7.11. The Hall–Kier alpha value is -3.42. The van der Waals surface area contributed by atoms with Crippen LogP contribution in [0.4, 0.5) is 0 Å². The Labute approximate surface area is 181 Å². The van der Waals surface area contributed by atoms with Gasteiger partial charge in [0.1, 0.15) is 5.69 Å². The van der Waals surface area contributed by atoms with Crippen LogP contribution >= 0.6 is 0 Å².